The zero-order chi connectivity index (χ0) is 38.7. The molecule has 2 aromatic carbocycles. The van der Waals surface area contributed by atoms with Crippen molar-refractivity contribution in [1.29, 1.82) is 0 Å². The first-order valence-electron chi connectivity index (χ1n) is 17.4. The first kappa shape index (κ1) is 38.3. The Morgan fingerprint density at radius 2 is 1.77 bits per heavy atom. The molecule has 2 N–H and O–H groups in total. The third kappa shape index (κ3) is 7.92. The van der Waals surface area contributed by atoms with Crippen molar-refractivity contribution in [3.63, 3.8) is 0 Å². The van der Waals surface area contributed by atoms with E-state index in [2.05, 4.69) is 16.6 Å². The summed E-state index contributed by atoms with van der Waals surface area (Å²) < 4.78 is 88.3. The molecule has 0 aromatic heterocycles. The maximum absolute atomic E-state index is 14.5. The Morgan fingerprint density at radius 3 is 2.38 bits per heavy atom. The van der Waals surface area contributed by atoms with Crippen LogP contribution in [0.3, 0.4) is 0 Å². The molecule has 11 nitrogen and oxygen atoms in total. The molecule has 2 saturated carbocycles. The zero-order valence-electron chi connectivity index (χ0n) is 29.5. The highest BCUT2D eigenvalue weighted by Crippen LogP contribution is 2.46. The molecule has 0 unspecified atom stereocenters. The van der Waals surface area contributed by atoms with Gasteiger partial charge in [0, 0.05) is 30.4 Å². The molecule has 0 radical (unpaired) electrons. The molecule has 6 rings (SSSR count). The van der Waals surface area contributed by atoms with Gasteiger partial charge in [0.15, 0.2) is 0 Å². The number of halogens is 4. The molecule has 286 valence electrons. The fraction of sp³-hybridized carbons (Fsp3) is 0.514. The summed E-state index contributed by atoms with van der Waals surface area (Å²) in [7, 11) is -3.97. The number of rotatable bonds is 10. The van der Waals surface area contributed by atoms with E-state index in [1.54, 1.807) is 26.8 Å². The van der Waals surface area contributed by atoms with Crippen molar-refractivity contribution in [1.82, 2.24) is 19.8 Å². The number of alkyl halides is 3. The van der Waals surface area contributed by atoms with E-state index in [1.165, 1.54) is 40.1 Å². The molecule has 3 fully saturated rings. The maximum Gasteiger partial charge on any atom is 0.416 e. The first-order valence-corrected chi connectivity index (χ1v) is 19.0. The van der Waals surface area contributed by atoms with Crippen LogP contribution >= 0.6 is 0 Å². The van der Waals surface area contributed by atoms with Gasteiger partial charge in [-0.25, -0.2) is 17.6 Å². The van der Waals surface area contributed by atoms with Crippen LogP contribution in [0, 0.1) is 23.1 Å². The van der Waals surface area contributed by atoms with Crippen molar-refractivity contribution < 1.29 is 49.9 Å². The molecule has 2 aliphatic carbocycles. The monoisotopic (exact) mass is 762 g/mol. The molecular formula is C37H42F4N4O7S. The van der Waals surface area contributed by atoms with Crippen LogP contribution in [-0.2, 0) is 54.8 Å². The van der Waals surface area contributed by atoms with Gasteiger partial charge in [0.1, 0.15) is 23.5 Å². The number of sulfonamides is 1. The van der Waals surface area contributed by atoms with E-state index in [-0.39, 0.29) is 44.5 Å². The Morgan fingerprint density at radius 1 is 1.08 bits per heavy atom. The van der Waals surface area contributed by atoms with E-state index in [4.69, 9.17) is 4.74 Å². The second-order valence-corrected chi connectivity index (χ2v) is 17.4. The lowest BCUT2D eigenvalue weighted by Gasteiger charge is -2.35. The number of fused-ring (bicyclic) bond motifs is 1. The Hall–Kier alpha value is -4.47. The molecule has 0 spiro atoms. The van der Waals surface area contributed by atoms with Gasteiger partial charge in [-0.05, 0) is 54.4 Å². The molecule has 2 heterocycles. The highest BCUT2D eigenvalue weighted by Gasteiger charge is 2.62. The number of ether oxygens (including phenoxy) is 1. The second-order valence-electron chi connectivity index (χ2n) is 15.5. The Kier molecular flexibility index (Phi) is 9.92. The van der Waals surface area contributed by atoms with Gasteiger partial charge in [-0.15, -0.1) is 6.58 Å². The number of amides is 4. The fourth-order valence-electron chi connectivity index (χ4n) is 7.20. The van der Waals surface area contributed by atoms with Crippen molar-refractivity contribution in [2.24, 2.45) is 17.3 Å². The number of nitrogens with one attached hydrogen (secondary N) is 2. The first-order chi connectivity index (χ1) is 24.7. The summed E-state index contributed by atoms with van der Waals surface area (Å²) in [4.78, 5) is 58.0. The van der Waals surface area contributed by atoms with E-state index >= 15 is 0 Å². The van der Waals surface area contributed by atoms with Crippen LogP contribution in [0.5, 0.6) is 0 Å². The van der Waals surface area contributed by atoms with Gasteiger partial charge in [0.05, 0.1) is 23.9 Å². The average molecular weight is 763 g/mol. The molecule has 0 bridgehead atoms. The summed E-state index contributed by atoms with van der Waals surface area (Å²) in [6, 6.07) is 7.84. The summed E-state index contributed by atoms with van der Waals surface area (Å²) >= 11 is 0. The molecule has 2 aromatic rings. The standard InChI is InChI=1S/C37H42F4N4O7S/c1-5-23-17-36(23,33(48)43-53(50,51)26-12-13-26)42-31(46)30-16-25(52-34(49)44-18-22-9-7-11-29(38)27(22)20-44)19-45(30)32(47)28(35(2,3)4)15-21-8-6-10-24(14-21)37(39,40)41/h5-11,14,23,25-26,28,30H,1,12-13,15-20H2,2-4H3,(H,42,46)(H,43,48)/t23-,25-,28-,30+,36-/m1/s1. The minimum absolute atomic E-state index is 0.0481. The van der Waals surface area contributed by atoms with Crippen LogP contribution < -0.4 is 10.0 Å². The van der Waals surface area contributed by atoms with Gasteiger partial charge < -0.3 is 15.0 Å². The predicted octanol–water partition coefficient (Wildman–Crippen LogP) is 4.84. The van der Waals surface area contributed by atoms with Gasteiger partial charge in [-0.2, -0.15) is 13.2 Å². The van der Waals surface area contributed by atoms with E-state index in [0.717, 1.165) is 12.1 Å². The maximum atomic E-state index is 14.5. The Balaban J connectivity index is 1.26. The topological polar surface area (TPSA) is 142 Å². The van der Waals surface area contributed by atoms with Crippen LogP contribution in [0.4, 0.5) is 22.4 Å². The Bertz CT molecular complexity index is 1940. The fourth-order valence-corrected chi connectivity index (χ4v) is 8.56. The van der Waals surface area contributed by atoms with E-state index in [0.29, 0.717) is 24.0 Å². The van der Waals surface area contributed by atoms with Crippen LogP contribution in [0.15, 0.2) is 55.1 Å². The van der Waals surface area contributed by atoms with Crippen LogP contribution in [0.1, 0.15) is 68.7 Å². The zero-order valence-corrected chi connectivity index (χ0v) is 30.4. The lowest BCUT2D eigenvalue weighted by Crippen LogP contribution is -2.57. The van der Waals surface area contributed by atoms with Crippen molar-refractivity contribution >= 4 is 33.8 Å². The van der Waals surface area contributed by atoms with Crippen molar-refractivity contribution in [3.05, 3.63) is 83.2 Å². The number of hydrogen-bond acceptors (Lipinski definition) is 7. The van der Waals surface area contributed by atoms with Crippen molar-refractivity contribution in [3.8, 4) is 0 Å². The lowest BCUT2D eigenvalue weighted by molar-refractivity contribution is -0.145. The number of carbonyl (C=O) groups excluding carboxylic acids is 4. The minimum atomic E-state index is -4.61. The van der Waals surface area contributed by atoms with Gasteiger partial charge in [-0.1, -0.05) is 57.2 Å². The molecule has 4 aliphatic rings. The summed E-state index contributed by atoms with van der Waals surface area (Å²) in [6.07, 6.45) is -4.46. The van der Waals surface area contributed by atoms with E-state index < -0.39 is 91.6 Å². The summed E-state index contributed by atoms with van der Waals surface area (Å²) in [5.74, 6) is -4.35. The minimum Gasteiger partial charge on any atom is -0.444 e. The van der Waals surface area contributed by atoms with Gasteiger partial charge in [0.2, 0.25) is 21.8 Å². The number of likely N-dealkylation sites (tertiary alicyclic amines) is 1. The SMILES string of the molecule is C=C[C@@H]1C[C@]1(NC(=O)[C@@H]1C[C@@H](OC(=O)N2Cc3cccc(F)c3C2)CN1C(=O)[C@@H](Cc1cccc(C(F)(F)F)c1)C(C)(C)C)C(=O)NS(=O)(=O)C1CC1. The molecule has 16 heteroatoms. The Labute approximate surface area is 305 Å². The molecule has 5 atom stereocenters. The van der Waals surface area contributed by atoms with E-state index in [9.17, 15) is 45.2 Å². The normalized spacial score (nSPS) is 24.6. The second kappa shape index (κ2) is 13.7. The average Bonchev–Trinajstić information content (AvgIpc) is 3.97. The highest BCUT2D eigenvalue weighted by molar-refractivity contribution is 7.91. The van der Waals surface area contributed by atoms with E-state index in [1.807, 2.05) is 0 Å². The van der Waals surface area contributed by atoms with Gasteiger partial charge in [0.25, 0.3) is 5.91 Å². The summed E-state index contributed by atoms with van der Waals surface area (Å²) in [5, 5.41) is 1.97. The summed E-state index contributed by atoms with van der Waals surface area (Å²) in [5.41, 5.74) is -2.15. The predicted molar refractivity (Wildman–Crippen MR) is 183 cm³/mol. The van der Waals surface area contributed by atoms with Crippen LogP contribution in [0.25, 0.3) is 0 Å². The third-order valence-electron chi connectivity index (χ3n) is 10.6. The quantitative estimate of drug-likeness (QED) is 0.261. The molecule has 2 aliphatic heterocycles. The number of nitrogens with zero attached hydrogens (tertiary/aromatic N) is 2. The molecule has 1 saturated heterocycles. The van der Waals surface area contributed by atoms with Crippen LogP contribution in [0.2, 0.25) is 0 Å². The highest BCUT2D eigenvalue weighted by atomic mass is 32.2. The molecule has 53 heavy (non-hydrogen) atoms. The number of carbonyl (C=O) groups is 4. The van der Waals surface area contributed by atoms with Gasteiger partial charge in [-0.3, -0.25) is 24.0 Å². The lowest BCUT2D eigenvalue weighted by atomic mass is 9.76. The summed E-state index contributed by atoms with van der Waals surface area (Å²) in [6.45, 7) is 8.72. The van der Waals surface area contributed by atoms with Gasteiger partial charge >= 0.3 is 12.3 Å². The third-order valence-corrected chi connectivity index (χ3v) is 12.4. The largest absolute Gasteiger partial charge is 0.444 e. The molecule has 4 amide bonds. The van der Waals surface area contributed by atoms with Crippen molar-refractivity contribution in [2.75, 3.05) is 6.54 Å². The number of benzene rings is 2. The smallest absolute Gasteiger partial charge is 0.416 e. The molecular weight excluding hydrogens is 720 g/mol. The number of hydrogen-bond donors (Lipinski definition) is 2. The van der Waals surface area contributed by atoms with Crippen molar-refractivity contribution in [2.45, 2.75) is 95.1 Å². The van der Waals surface area contributed by atoms with Crippen LogP contribution in [-0.4, -0.2) is 71.5 Å².